The van der Waals surface area contributed by atoms with E-state index in [1.54, 1.807) is 0 Å². The van der Waals surface area contributed by atoms with Crippen LogP contribution in [0.25, 0.3) is 22.3 Å². The highest BCUT2D eigenvalue weighted by Gasteiger charge is 2.27. The van der Waals surface area contributed by atoms with Crippen LogP contribution in [0.4, 0.5) is 11.4 Å². The minimum absolute atomic E-state index is 0.695. The molecule has 4 aromatic rings. The van der Waals surface area contributed by atoms with Gasteiger partial charge in [0.2, 0.25) is 0 Å². The molecule has 5 aliphatic rings. The molecular weight excluding hydrogens is 613 g/mol. The molecule has 0 amide bonds. The molecule has 236 valence electrons. The Bertz CT molecular complexity index is 2300. The maximum atomic E-state index is 6.13. The highest BCUT2D eigenvalue weighted by Crippen LogP contribution is 2.38. The van der Waals surface area contributed by atoms with Gasteiger partial charge in [-0.25, -0.2) is 20.0 Å². The molecular formula is C44H30N6. The molecule has 0 unspecified atom stereocenters. The van der Waals surface area contributed by atoms with Crippen molar-refractivity contribution in [2.24, 2.45) is 20.0 Å². The lowest BCUT2D eigenvalue weighted by Gasteiger charge is -2.12. The van der Waals surface area contributed by atoms with Crippen molar-refractivity contribution in [1.82, 2.24) is 0 Å². The maximum Gasteiger partial charge on any atom is 0.0738 e. The number of nitrogens with zero attached hydrogens (tertiary/aromatic N) is 4. The molecule has 0 spiro atoms. The van der Waals surface area contributed by atoms with Crippen molar-refractivity contribution in [3.63, 3.8) is 0 Å². The fourth-order valence-corrected chi connectivity index (χ4v) is 6.78. The van der Waals surface area contributed by atoms with E-state index in [2.05, 4.69) is 72.9 Å². The molecule has 4 N–H and O–H groups in total. The lowest BCUT2D eigenvalue weighted by atomic mass is 9.98. The van der Waals surface area contributed by atoms with Crippen LogP contribution in [-0.4, -0.2) is 22.8 Å². The molecule has 5 aliphatic heterocycles. The molecule has 0 fully saturated rings. The van der Waals surface area contributed by atoms with Crippen LogP contribution in [0.15, 0.2) is 201 Å². The van der Waals surface area contributed by atoms with E-state index < -0.39 is 0 Å². The first-order valence-corrected chi connectivity index (χ1v) is 16.5. The summed E-state index contributed by atoms with van der Waals surface area (Å²) < 4.78 is 0. The fraction of sp³-hybridized carbons (Fsp3) is 0. The van der Waals surface area contributed by atoms with Crippen molar-refractivity contribution in [3.8, 4) is 0 Å². The van der Waals surface area contributed by atoms with E-state index >= 15 is 0 Å². The molecule has 0 saturated heterocycles. The predicted molar refractivity (Wildman–Crippen MR) is 209 cm³/mol. The summed E-state index contributed by atoms with van der Waals surface area (Å²) in [5.41, 5.74) is 27.9. The van der Waals surface area contributed by atoms with Gasteiger partial charge in [-0.05, 0) is 95.1 Å². The smallest absolute Gasteiger partial charge is 0.0738 e. The largest absolute Gasteiger partial charge is 0.399 e. The van der Waals surface area contributed by atoms with E-state index in [0.29, 0.717) is 11.4 Å². The monoisotopic (exact) mass is 642 g/mol. The average Bonchev–Trinajstić information content (AvgIpc) is 3.98. The summed E-state index contributed by atoms with van der Waals surface area (Å²) in [6.45, 7) is 0. The molecule has 0 radical (unpaired) electrons. The van der Waals surface area contributed by atoms with Crippen LogP contribution in [0, 0.1) is 0 Å². The first kappa shape index (κ1) is 29.2. The average molecular weight is 643 g/mol. The van der Waals surface area contributed by atoms with Gasteiger partial charge in [0.1, 0.15) is 0 Å². The van der Waals surface area contributed by atoms with Gasteiger partial charge < -0.3 is 11.5 Å². The van der Waals surface area contributed by atoms with Crippen molar-refractivity contribution in [2.45, 2.75) is 0 Å². The Balaban J connectivity index is 1.37. The van der Waals surface area contributed by atoms with Crippen molar-refractivity contribution in [2.75, 3.05) is 11.5 Å². The van der Waals surface area contributed by atoms with E-state index in [-0.39, 0.29) is 0 Å². The number of allylic oxidation sites excluding steroid dienone is 12. The van der Waals surface area contributed by atoms with E-state index in [1.165, 1.54) is 0 Å². The zero-order valence-electron chi connectivity index (χ0n) is 27.0. The second-order valence-corrected chi connectivity index (χ2v) is 12.3. The van der Waals surface area contributed by atoms with Crippen molar-refractivity contribution in [3.05, 3.63) is 203 Å². The summed E-state index contributed by atoms with van der Waals surface area (Å²) in [6.07, 6.45) is 16.6. The van der Waals surface area contributed by atoms with E-state index in [1.807, 2.05) is 84.9 Å². The van der Waals surface area contributed by atoms with Gasteiger partial charge in [-0.15, -0.1) is 0 Å². The van der Waals surface area contributed by atoms with Crippen LogP contribution < -0.4 is 11.5 Å². The number of benzene rings is 4. The highest BCUT2D eigenvalue weighted by molar-refractivity contribution is 6.39. The number of hydrogen-bond acceptors (Lipinski definition) is 6. The van der Waals surface area contributed by atoms with Crippen LogP contribution in [0.1, 0.15) is 22.3 Å². The SMILES string of the molecule is Nc1ccc(C2=C3C=CC(=N3)C(c3ccccc3)=C3C=CC(=N3)C(c3ccc(N)cc3)=C3C=CC(=N3)C(c3ccccc3)=C3C=CC2=N3)cc1. The van der Waals surface area contributed by atoms with E-state index in [4.69, 9.17) is 31.4 Å². The third-order valence-corrected chi connectivity index (χ3v) is 9.13. The summed E-state index contributed by atoms with van der Waals surface area (Å²) in [7, 11) is 0. The van der Waals surface area contributed by atoms with Gasteiger partial charge in [0.15, 0.2) is 0 Å². The quantitative estimate of drug-likeness (QED) is 0.217. The summed E-state index contributed by atoms with van der Waals surface area (Å²) in [6, 6.07) is 36.4. The van der Waals surface area contributed by atoms with Crippen LogP contribution in [0.5, 0.6) is 0 Å². The molecule has 0 aromatic heterocycles. The lowest BCUT2D eigenvalue weighted by Crippen LogP contribution is -2.03. The van der Waals surface area contributed by atoms with Crippen LogP contribution in [-0.2, 0) is 0 Å². The summed E-state index contributed by atoms with van der Waals surface area (Å²) in [4.78, 5) is 21.2. The van der Waals surface area contributed by atoms with Gasteiger partial charge in [0, 0.05) is 33.7 Å². The maximum absolute atomic E-state index is 6.13. The Morgan fingerprint density at radius 3 is 0.820 bits per heavy atom. The number of anilines is 2. The number of rotatable bonds is 4. The van der Waals surface area contributed by atoms with Crippen LogP contribution in [0.3, 0.4) is 0 Å². The van der Waals surface area contributed by atoms with Gasteiger partial charge in [0.25, 0.3) is 0 Å². The van der Waals surface area contributed by atoms with Gasteiger partial charge in [0.05, 0.1) is 45.6 Å². The number of fused-ring (bicyclic) bond motifs is 4. The first-order chi connectivity index (χ1) is 24.6. The molecule has 0 aliphatic carbocycles. The molecule has 0 atom stereocenters. The van der Waals surface area contributed by atoms with E-state index in [9.17, 15) is 0 Å². The van der Waals surface area contributed by atoms with Crippen LogP contribution in [0.2, 0.25) is 0 Å². The Kier molecular flexibility index (Phi) is 6.99. The van der Waals surface area contributed by atoms with Gasteiger partial charge in [-0.2, -0.15) is 0 Å². The Hall–Kier alpha value is -6.92. The summed E-state index contributed by atoms with van der Waals surface area (Å²) in [5.74, 6) is 0. The highest BCUT2D eigenvalue weighted by atomic mass is 14.9. The Morgan fingerprint density at radius 1 is 0.280 bits per heavy atom. The second-order valence-electron chi connectivity index (χ2n) is 12.3. The van der Waals surface area contributed by atoms with E-state index in [0.717, 1.165) is 90.2 Å². The third-order valence-electron chi connectivity index (χ3n) is 9.13. The Morgan fingerprint density at radius 2 is 0.540 bits per heavy atom. The molecule has 0 saturated carbocycles. The molecule has 5 heterocycles. The minimum atomic E-state index is 0.695. The fourth-order valence-electron chi connectivity index (χ4n) is 6.78. The minimum Gasteiger partial charge on any atom is -0.399 e. The van der Waals surface area contributed by atoms with Gasteiger partial charge in [-0.1, -0.05) is 84.9 Å². The first-order valence-electron chi connectivity index (χ1n) is 16.5. The standard InChI is InChI=1S/C44H30N6/c45-31-15-11-29(12-16-31)43-37-23-19-33(47-37)41(27-7-3-1-4-8-27)34-20-24-38(48-34)44(30-13-17-32(46)18-14-30)40-26-22-36(50-40)42(28-9-5-2-6-10-28)35-21-25-39(43)49-35/h1-26H,45-46H2. The zero-order chi connectivity index (χ0) is 33.6. The van der Waals surface area contributed by atoms with Gasteiger partial charge >= 0.3 is 0 Å². The molecule has 6 heteroatoms. The third kappa shape index (κ3) is 5.16. The number of nitrogens with two attached hydrogens (primary N) is 2. The molecule has 6 nitrogen and oxygen atoms in total. The number of nitrogen functional groups attached to an aromatic ring is 2. The zero-order valence-corrected chi connectivity index (χ0v) is 27.0. The lowest BCUT2D eigenvalue weighted by molar-refractivity contribution is 1.41. The normalized spacial score (nSPS) is 17.6. The predicted octanol–water partition coefficient (Wildman–Crippen LogP) is 8.85. The van der Waals surface area contributed by atoms with Crippen molar-refractivity contribution in [1.29, 1.82) is 0 Å². The van der Waals surface area contributed by atoms with Crippen molar-refractivity contribution < 1.29 is 0 Å². The molecule has 4 aromatic carbocycles. The second kappa shape index (κ2) is 12.0. The molecule has 9 rings (SSSR count). The van der Waals surface area contributed by atoms with Gasteiger partial charge in [-0.3, -0.25) is 0 Å². The summed E-state index contributed by atoms with van der Waals surface area (Å²) >= 11 is 0. The molecule has 8 bridgehead atoms. The number of hydrogen-bond donors (Lipinski definition) is 2. The topological polar surface area (TPSA) is 101 Å². The van der Waals surface area contributed by atoms with Crippen molar-refractivity contribution >= 4 is 56.5 Å². The number of aliphatic imine (C=N–C) groups is 4. The van der Waals surface area contributed by atoms with Crippen LogP contribution >= 0.6 is 0 Å². The molecule has 50 heavy (non-hydrogen) atoms. The Labute approximate surface area is 290 Å². The summed E-state index contributed by atoms with van der Waals surface area (Å²) in [5, 5.41) is 0.